The van der Waals surface area contributed by atoms with Crippen molar-refractivity contribution in [2.45, 2.75) is 26.4 Å². The van der Waals surface area contributed by atoms with Crippen LogP contribution in [0.2, 0.25) is 0 Å². The fourth-order valence-electron chi connectivity index (χ4n) is 1.68. The second-order valence-corrected chi connectivity index (χ2v) is 5.26. The Morgan fingerprint density at radius 3 is 2.89 bits per heavy atom. The third-order valence-electron chi connectivity index (χ3n) is 2.80. The van der Waals surface area contributed by atoms with E-state index < -0.39 is 0 Å². The molecule has 0 radical (unpaired) electrons. The molecule has 0 unspecified atom stereocenters. The largest absolute Gasteiger partial charge is 0.350 e. The lowest BCUT2D eigenvalue weighted by Gasteiger charge is -2.03. The summed E-state index contributed by atoms with van der Waals surface area (Å²) in [5.41, 5.74) is 1.95. The molecule has 7 heteroatoms. The number of nitrogens with one attached hydrogen (secondary N) is 1. The van der Waals surface area contributed by atoms with E-state index in [-0.39, 0.29) is 5.91 Å². The quantitative estimate of drug-likeness (QED) is 0.903. The zero-order valence-corrected chi connectivity index (χ0v) is 12.5. The molecule has 0 aliphatic carbocycles. The van der Waals surface area contributed by atoms with Crippen LogP contribution in [-0.4, -0.2) is 25.5 Å². The highest BCUT2D eigenvalue weighted by Gasteiger charge is 2.05. The normalized spacial score (nSPS) is 10.7. The first-order chi connectivity index (χ1) is 9.04. The first-order valence-electron chi connectivity index (χ1n) is 5.99. The Morgan fingerprint density at radius 1 is 1.53 bits per heavy atom. The highest BCUT2D eigenvalue weighted by Crippen LogP contribution is 2.06. The van der Waals surface area contributed by atoms with Gasteiger partial charge in [0.05, 0.1) is 22.9 Å². The lowest BCUT2D eigenvalue weighted by Crippen LogP contribution is -2.24. The molecule has 19 heavy (non-hydrogen) atoms. The molecule has 6 nitrogen and oxygen atoms in total. The lowest BCUT2D eigenvalue weighted by molar-refractivity contribution is -0.121. The number of carbonyl (C=O) groups excluding carboxylic acids is 1. The summed E-state index contributed by atoms with van der Waals surface area (Å²) in [6.07, 6.45) is 3.95. The molecule has 0 bridgehead atoms. The second kappa shape index (κ2) is 6.01. The average molecular weight is 326 g/mol. The molecule has 0 saturated carbocycles. The molecule has 0 spiro atoms. The van der Waals surface area contributed by atoms with Gasteiger partial charge in [0.25, 0.3) is 0 Å². The number of nitrogens with zero attached hydrogens (tertiary/aromatic N) is 4. The topological polar surface area (TPSA) is 64.7 Å². The number of hydrogen-bond donors (Lipinski definition) is 1. The molecule has 0 fully saturated rings. The molecule has 1 amide bonds. The van der Waals surface area contributed by atoms with Crippen molar-refractivity contribution in [1.29, 1.82) is 0 Å². The summed E-state index contributed by atoms with van der Waals surface area (Å²) in [6.45, 7) is 3.01. The van der Waals surface area contributed by atoms with Gasteiger partial charge in [-0.1, -0.05) is 0 Å². The Kier molecular flexibility index (Phi) is 4.36. The molecule has 2 rings (SSSR count). The number of rotatable bonds is 5. The van der Waals surface area contributed by atoms with Crippen LogP contribution in [0.3, 0.4) is 0 Å². The van der Waals surface area contributed by atoms with Crippen LogP contribution in [0.1, 0.15) is 17.8 Å². The zero-order chi connectivity index (χ0) is 13.8. The van der Waals surface area contributed by atoms with E-state index in [0.717, 1.165) is 15.9 Å². The Hall–Kier alpha value is -1.63. The Bertz CT molecular complexity index is 555. The van der Waals surface area contributed by atoms with Gasteiger partial charge < -0.3 is 5.32 Å². The predicted octanol–water partition coefficient (Wildman–Crippen LogP) is 1.39. The van der Waals surface area contributed by atoms with Crippen molar-refractivity contribution >= 4 is 21.8 Å². The minimum atomic E-state index is -0.00470. The van der Waals surface area contributed by atoms with Crippen molar-refractivity contribution < 1.29 is 4.79 Å². The average Bonchev–Trinajstić information content (AvgIpc) is 2.91. The summed E-state index contributed by atoms with van der Waals surface area (Å²) in [6, 6.07) is 1.96. The van der Waals surface area contributed by atoms with Gasteiger partial charge in [-0.25, -0.2) is 0 Å². The van der Waals surface area contributed by atoms with E-state index in [2.05, 4.69) is 31.4 Å². The van der Waals surface area contributed by atoms with Crippen LogP contribution in [0, 0.1) is 6.92 Å². The summed E-state index contributed by atoms with van der Waals surface area (Å²) >= 11 is 3.32. The molecule has 1 N–H and O–H groups in total. The number of halogens is 1. The van der Waals surface area contributed by atoms with E-state index in [4.69, 9.17) is 0 Å². The Labute approximate surface area is 119 Å². The number of hydrogen-bond acceptors (Lipinski definition) is 3. The fourth-order valence-corrected chi connectivity index (χ4v) is 2.00. The number of carbonyl (C=O) groups is 1. The van der Waals surface area contributed by atoms with Crippen LogP contribution in [-0.2, 0) is 24.9 Å². The molecule has 0 aromatic carbocycles. The zero-order valence-electron chi connectivity index (χ0n) is 10.9. The number of amides is 1. The smallest absolute Gasteiger partial charge is 0.222 e. The fraction of sp³-hybridized carbons (Fsp3) is 0.417. The van der Waals surface area contributed by atoms with Gasteiger partial charge >= 0.3 is 0 Å². The minimum Gasteiger partial charge on any atom is -0.350 e. The van der Waals surface area contributed by atoms with Gasteiger partial charge in [-0.05, 0) is 28.9 Å². The molecular formula is C12H16BrN5O. The molecule has 0 aliphatic heterocycles. The van der Waals surface area contributed by atoms with E-state index in [9.17, 15) is 4.79 Å². The van der Waals surface area contributed by atoms with E-state index in [1.165, 1.54) is 0 Å². The molecule has 102 valence electrons. The number of aryl methyl sites for hydroxylation is 3. The van der Waals surface area contributed by atoms with Crippen molar-refractivity contribution in [2.24, 2.45) is 7.05 Å². The van der Waals surface area contributed by atoms with Crippen LogP contribution in [0.4, 0.5) is 0 Å². The van der Waals surface area contributed by atoms with Gasteiger partial charge in [-0.3, -0.25) is 14.2 Å². The van der Waals surface area contributed by atoms with Crippen LogP contribution >= 0.6 is 15.9 Å². The molecule has 0 saturated heterocycles. The number of aromatic nitrogens is 4. The molecular weight excluding hydrogens is 310 g/mol. The first kappa shape index (κ1) is 13.8. The van der Waals surface area contributed by atoms with Gasteiger partial charge in [-0.15, -0.1) is 0 Å². The van der Waals surface area contributed by atoms with Gasteiger partial charge in [0, 0.05) is 31.9 Å². The van der Waals surface area contributed by atoms with Crippen molar-refractivity contribution in [1.82, 2.24) is 24.9 Å². The van der Waals surface area contributed by atoms with Gasteiger partial charge in [-0.2, -0.15) is 10.2 Å². The van der Waals surface area contributed by atoms with Gasteiger partial charge in [0.2, 0.25) is 5.91 Å². The summed E-state index contributed by atoms with van der Waals surface area (Å²) in [7, 11) is 1.89. The monoisotopic (exact) mass is 325 g/mol. The maximum atomic E-state index is 11.7. The van der Waals surface area contributed by atoms with Crippen LogP contribution in [0.25, 0.3) is 0 Å². The molecule has 0 aliphatic rings. The molecule has 2 aromatic rings. The molecule has 2 aromatic heterocycles. The lowest BCUT2D eigenvalue weighted by atomic mass is 10.3. The first-order valence-corrected chi connectivity index (χ1v) is 6.78. The summed E-state index contributed by atoms with van der Waals surface area (Å²) in [4.78, 5) is 11.7. The van der Waals surface area contributed by atoms with Gasteiger partial charge in [0.1, 0.15) is 0 Å². The highest BCUT2D eigenvalue weighted by molar-refractivity contribution is 9.10. The van der Waals surface area contributed by atoms with E-state index in [1.54, 1.807) is 15.6 Å². The van der Waals surface area contributed by atoms with E-state index >= 15 is 0 Å². The van der Waals surface area contributed by atoms with E-state index in [0.29, 0.717) is 19.5 Å². The van der Waals surface area contributed by atoms with E-state index in [1.807, 2.05) is 26.2 Å². The van der Waals surface area contributed by atoms with Crippen molar-refractivity contribution in [3.8, 4) is 0 Å². The van der Waals surface area contributed by atoms with Crippen molar-refractivity contribution in [3.05, 3.63) is 34.3 Å². The third kappa shape index (κ3) is 3.92. The highest BCUT2D eigenvalue weighted by atomic mass is 79.9. The maximum Gasteiger partial charge on any atom is 0.222 e. The third-order valence-corrected chi connectivity index (χ3v) is 3.21. The summed E-state index contributed by atoms with van der Waals surface area (Å²) in [5, 5.41) is 11.2. The summed E-state index contributed by atoms with van der Waals surface area (Å²) in [5.74, 6) is -0.00470. The SMILES string of the molecule is Cc1cc(CNC(=O)CCn2cc(Br)cn2)nn1C. The summed E-state index contributed by atoms with van der Waals surface area (Å²) < 4.78 is 4.44. The predicted molar refractivity (Wildman–Crippen MR) is 74.3 cm³/mol. The van der Waals surface area contributed by atoms with Crippen LogP contribution in [0.15, 0.2) is 22.9 Å². The Balaban J connectivity index is 1.75. The van der Waals surface area contributed by atoms with Crippen LogP contribution < -0.4 is 5.32 Å². The molecule has 0 atom stereocenters. The molecule has 2 heterocycles. The van der Waals surface area contributed by atoms with Crippen molar-refractivity contribution in [3.63, 3.8) is 0 Å². The Morgan fingerprint density at radius 2 is 2.32 bits per heavy atom. The minimum absolute atomic E-state index is 0.00470. The van der Waals surface area contributed by atoms with Crippen molar-refractivity contribution in [2.75, 3.05) is 0 Å². The second-order valence-electron chi connectivity index (χ2n) is 4.35. The van der Waals surface area contributed by atoms with Crippen LogP contribution in [0.5, 0.6) is 0 Å². The standard InChI is InChI=1S/C12H16BrN5O/c1-9-5-11(16-17(9)2)7-14-12(19)3-4-18-8-10(13)6-15-18/h5-6,8H,3-4,7H2,1-2H3,(H,14,19). The maximum absolute atomic E-state index is 11.7. The van der Waals surface area contributed by atoms with Gasteiger partial charge in [0.15, 0.2) is 0 Å².